The third kappa shape index (κ3) is 3.44. The highest BCUT2D eigenvalue weighted by Crippen LogP contribution is 2.18. The SMILES string of the molecule is CSC(C(=O)Nc1ccccc1)=C(C)C. The van der Waals surface area contributed by atoms with Crippen molar-refractivity contribution in [2.24, 2.45) is 0 Å². The minimum atomic E-state index is -0.0336. The van der Waals surface area contributed by atoms with Crippen LogP contribution in [0, 0.1) is 0 Å². The van der Waals surface area contributed by atoms with Crippen molar-refractivity contribution in [1.29, 1.82) is 0 Å². The first-order chi connectivity index (χ1) is 7.15. The molecular weight excluding hydrogens is 206 g/mol. The molecule has 80 valence electrons. The topological polar surface area (TPSA) is 29.1 Å². The van der Waals surface area contributed by atoms with Crippen LogP contribution in [0.2, 0.25) is 0 Å². The lowest BCUT2D eigenvalue weighted by atomic mass is 10.3. The van der Waals surface area contributed by atoms with Gasteiger partial charge in [0, 0.05) is 5.69 Å². The predicted octanol–water partition coefficient (Wildman–Crippen LogP) is 3.28. The Balaban J connectivity index is 2.76. The second-order valence-electron chi connectivity index (χ2n) is 3.35. The van der Waals surface area contributed by atoms with Crippen LogP contribution in [-0.2, 0) is 4.79 Å². The summed E-state index contributed by atoms with van der Waals surface area (Å²) in [6.07, 6.45) is 1.91. The molecule has 0 radical (unpaired) electrons. The Bertz CT molecular complexity index is 366. The van der Waals surface area contributed by atoms with E-state index < -0.39 is 0 Å². The minimum absolute atomic E-state index is 0.0336. The van der Waals surface area contributed by atoms with Crippen molar-refractivity contribution in [3.8, 4) is 0 Å². The number of nitrogens with one attached hydrogen (secondary N) is 1. The Labute approximate surface area is 94.8 Å². The van der Waals surface area contributed by atoms with Gasteiger partial charge in [0.1, 0.15) is 0 Å². The lowest BCUT2D eigenvalue weighted by Gasteiger charge is -2.08. The fourth-order valence-electron chi connectivity index (χ4n) is 1.23. The van der Waals surface area contributed by atoms with Gasteiger partial charge < -0.3 is 5.32 Å². The Kier molecular flexibility index (Phi) is 4.43. The molecule has 0 atom stereocenters. The van der Waals surface area contributed by atoms with Gasteiger partial charge in [-0.1, -0.05) is 23.8 Å². The van der Waals surface area contributed by atoms with Crippen molar-refractivity contribution in [3.05, 3.63) is 40.8 Å². The average Bonchev–Trinajstić information content (AvgIpc) is 2.19. The van der Waals surface area contributed by atoms with Crippen molar-refractivity contribution in [2.45, 2.75) is 13.8 Å². The molecule has 1 N–H and O–H groups in total. The third-order valence-electron chi connectivity index (χ3n) is 1.90. The Morgan fingerprint density at radius 1 is 1.20 bits per heavy atom. The second kappa shape index (κ2) is 5.61. The van der Waals surface area contributed by atoms with Gasteiger partial charge >= 0.3 is 0 Å². The van der Waals surface area contributed by atoms with Gasteiger partial charge in [0.2, 0.25) is 0 Å². The first-order valence-electron chi connectivity index (χ1n) is 4.73. The molecule has 0 aliphatic carbocycles. The lowest BCUT2D eigenvalue weighted by molar-refractivity contribution is -0.112. The summed E-state index contributed by atoms with van der Waals surface area (Å²) in [6, 6.07) is 9.47. The van der Waals surface area contributed by atoms with Crippen molar-refractivity contribution >= 4 is 23.4 Å². The van der Waals surface area contributed by atoms with E-state index in [-0.39, 0.29) is 5.91 Å². The molecule has 1 aromatic rings. The highest BCUT2D eigenvalue weighted by molar-refractivity contribution is 8.03. The molecule has 0 unspecified atom stereocenters. The quantitative estimate of drug-likeness (QED) is 0.794. The van der Waals surface area contributed by atoms with E-state index in [1.807, 2.05) is 50.4 Å². The summed E-state index contributed by atoms with van der Waals surface area (Å²) in [7, 11) is 0. The van der Waals surface area contributed by atoms with Gasteiger partial charge in [-0.3, -0.25) is 4.79 Å². The van der Waals surface area contributed by atoms with Crippen LogP contribution in [0.3, 0.4) is 0 Å². The Morgan fingerprint density at radius 3 is 2.27 bits per heavy atom. The van der Waals surface area contributed by atoms with Gasteiger partial charge in [-0.05, 0) is 32.2 Å². The third-order valence-corrected chi connectivity index (χ3v) is 2.90. The van der Waals surface area contributed by atoms with E-state index in [1.54, 1.807) is 0 Å². The first-order valence-corrected chi connectivity index (χ1v) is 5.95. The molecule has 0 heterocycles. The molecule has 3 heteroatoms. The number of thioether (sulfide) groups is 1. The van der Waals surface area contributed by atoms with Gasteiger partial charge in [-0.15, -0.1) is 11.8 Å². The van der Waals surface area contributed by atoms with Crippen LogP contribution in [-0.4, -0.2) is 12.2 Å². The van der Waals surface area contributed by atoms with Crippen molar-refractivity contribution in [1.82, 2.24) is 0 Å². The van der Waals surface area contributed by atoms with Crippen LogP contribution < -0.4 is 5.32 Å². The normalized spacial score (nSPS) is 9.53. The number of hydrogen-bond donors (Lipinski definition) is 1. The molecule has 1 amide bonds. The largest absolute Gasteiger partial charge is 0.322 e. The number of amides is 1. The lowest BCUT2D eigenvalue weighted by Crippen LogP contribution is -2.13. The van der Waals surface area contributed by atoms with E-state index >= 15 is 0 Å². The zero-order valence-corrected chi connectivity index (χ0v) is 10.0. The highest BCUT2D eigenvalue weighted by Gasteiger charge is 2.09. The molecule has 0 saturated carbocycles. The van der Waals surface area contributed by atoms with Crippen LogP contribution >= 0.6 is 11.8 Å². The smallest absolute Gasteiger partial charge is 0.261 e. The van der Waals surface area contributed by atoms with Crippen LogP contribution in [0.5, 0.6) is 0 Å². The monoisotopic (exact) mass is 221 g/mol. The van der Waals surface area contributed by atoms with E-state index in [9.17, 15) is 4.79 Å². The Hall–Kier alpha value is -1.22. The number of allylic oxidation sites excluding steroid dienone is 1. The van der Waals surface area contributed by atoms with Crippen LogP contribution in [0.15, 0.2) is 40.8 Å². The summed E-state index contributed by atoms with van der Waals surface area (Å²) in [6.45, 7) is 3.88. The standard InChI is InChI=1S/C12H15NOS/c1-9(2)11(15-3)12(14)13-10-7-5-4-6-8-10/h4-8H,1-3H3,(H,13,14). The zero-order chi connectivity index (χ0) is 11.3. The summed E-state index contributed by atoms with van der Waals surface area (Å²) in [4.78, 5) is 12.6. The highest BCUT2D eigenvalue weighted by atomic mass is 32.2. The molecule has 0 bridgehead atoms. The molecule has 0 fully saturated rings. The minimum Gasteiger partial charge on any atom is -0.322 e. The van der Waals surface area contributed by atoms with Gasteiger partial charge in [-0.2, -0.15) is 0 Å². The van der Waals surface area contributed by atoms with Crippen LogP contribution in [0.4, 0.5) is 5.69 Å². The number of carbonyl (C=O) groups is 1. The Morgan fingerprint density at radius 2 is 1.80 bits per heavy atom. The molecule has 0 aromatic heterocycles. The molecule has 0 saturated heterocycles. The first kappa shape index (κ1) is 11.9. The maximum absolute atomic E-state index is 11.8. The second-order valence-corrected chi connectivity index (χ2v) is 4.17. The fraction of sp³-hybridized carbons (Fsp3) is 0.250. The molecule has 0 aliphatic heterocycles. The summed E-state index contributed by atoms with van der Waals surface area (Å²) in [5.41, 5.74) is 1.87. The van der Waals surface area contributed by atoms with Crippen LogP contribution in [0.1, 0.15) is 13.8 Å². The number of para-hydroxylation sites is 1. The molecule has 0 spiro atoms. The fourth-order valence-corrected chi connectivity index (χ4v) is 1.88. The number of anilines is 1. The van der Waals surface area contributed by atoms with Crippen molar-refractivity contribution in [2.75, 3.05) is 11.6 Å². The number of benzene rings is 1. The predicted molar refractivity (Wildman–Crippen MR) is 67.0 cm³/mol. The van der Waals surface area contributed by atoms with Gasteiger partial charge in [0.05, 0.1) is 4.91 Å². The maximum atomic E-state index is 11.8. The summed E-state index contributed by atoms with van der Waals surface area (Å²) < 4.78 is 0. The van der Waals surface area contributed by atoms with E-state index in [0.29, 0.717) is 0 Å². The number of hydrogen-bond acceptors (Lipinski definition) is 2. The maximum Gasteiger partial charge on any atom is 0.261 e. The van der Waals surface area contributed by atoms with Crippen LogP contribution in [0.25, 0.3) is 0 Å². The summed E-state index contributed by atoms with van der Waals surface area (Å²) >= 11 is 1.47. The van der Waals surface area contributed by atoms with E-state index in [2.05, 4.69) is 5.32 Å². The zero-order valence-electron chi connectivity index (χ0n) is 9.20. The molecule has 15 heavy (non-hydrogen) atoms. The van der Waals surface area contributed by atoms with E-state index in [4.69, 9.17) is 0 Å². The molecule has 2 nitrogen and oxygen atoms in total. The van der Waals surface area contributed by atoms with E-state index in [0.717, 1.165) is 16.2 Å². The number of carbonyl (C=O) groups excluding carboxylic acids is 1. The molecule has 0 aliphatic rings. The summed E-state index contributed by atoms with van der Waals surface area (Å²) in [5.74, 6) is -0.0336. The molecular formula is C12H15NOS. The van der Waals surface area contributed by atoms with Gasteiger partial charge in [-0.25, -0.2) is 0 Å². The van der Waals surface area contributed by atoms with Gasteiger partial charge in [0.15, 0.2) is 0 Å². The van der Waals surface area contributed by atoms with E-state index in [1.165, 1.54) is 11.8 Å². The number of rotatable bonds is 3. The molecule has 1 rings (SSSR count). The average molecular weight is 221 g/mol. The van der Waals surface area contributed by atoms with Gasteiger partial charge in [0.25, 0.3) is 5.91 Å². The summed E-state index contributed by atoms with van der Waals surface area (Å²) in [5, 5.41) is 2.86. The van der Waals surface area contributed by atoms with Crippen molar-refractivity contribution in [3.63, 3.8) is 0 Å². The molecule has 1 aromatic carbocycles. The van der Waals surface area contributed by atoms with Crippen molar-refractivity contribution < 1.29 is 4.79 Å².